The van der Waals surface area contributed by atoms with Crippen molar-refractivity contribution in [3.63, 3.8) is 0 Å². The first-order valence-corrected chi connectivity index (χ1v) is 8.77. The molecule has 3 rings (SSSR count). The summed E-state index contributed by atoms with van der Waals surface area (Å²) in [6.07, 6.45) is 2.64. The highest BCUT2D eigenvalue weighted by Gasteiger charge is 2.20. The Morgan fingerprint density at radius 2 is 1.78 bits per heavy atom. The van der Waals surface area contributed by atoms with Gasteiger partial charge in [0.1, 0.15) is 24.7 Å². The molecular weight excluding hydrogens is 356 g/mol. The average molecular weight is 377 g/mol. The van der Waals surface area contributed by atoms with Crippen molar-refractivity contribution in [2.24, 2.45) is 5.92 Å². The van der Waals surface area contributed by atoms with Gasteiger partial charge in [-0.3, -0.25) is 0 Å². The predicted molar refractivity (Wildman–Crippen MR) is 94.0 cm³/mol. The van der Waals surface area contributed by atoms with Crippen LogP contribution in [0.4, 0.5) is 0 Å². The lowest BCUT2D eigenvalue weighted by molar-refractivity contribution is 0.0927. The van der Waals surface area contributed by atoms with E-state index in [9.17, 15) is 0 Å². The van der Waals surface area contributed by atoms with E-state index in [1.165, 1.54) is 12.8 Å². The number of halogens is 1. The lowest BCUT2D eigenvalue weighted by Gasteiger charge is -2.11. The Morgan fingerprint density at radius 1 is 0.957 bits per heavy atom. The van der Waals surface area contributed by atoms with Gasteiger partial charge in [-0.05, 0) is 58.5 Å². The minimum atomic E-state index is 0.550. The topological polar surface area (TPSA) is 27.7 Å². The minimum absolute atomic E-state index is 0.550. The van der Waals surface area contributed by atoms with Crippen LogP contribution in [0.25, 0.3) is 0 Å². The molecule has 1 fully saturated rings. The van der Waals surface area contributed by atoms with Gasteiger partial charge in [0.2, 0.25) is 0 Å². The highest BCUT2D eigenvalue weighted by Crippen LogP contribution is 2.30. The molecule has 0 atom stereocenters. The molecule has 23 heavy (non-hydrogen) atoms. The maximum atomic E-state index is 5.83. The van der Waals surface area contributed by atoms with Gasteiger partial charge in [-0.15, -0.1) is 0 Å². The average Bonchev–Trinajstić information content (AvgIpc) is 3.39. The van der Waals surface area contributed by atoms with Crippen LogP contribution < -0.4 is 9.47 Å². The van der Waals surface area contributed by atoms with E-state index < -0.39 is 0 Å². The summed E-state index contributed by atoms with van der Waals surface area (Å²) in [4.78, 5) is 0. The summed E-state index contributed by atoms with van der Waals surface area (Å²) in [6, 6.07) is 15.9. The van der Waals surface area contributed by atoms with Gasteiger partial charge >= 0.3 is 0 Å². The summed E-state index contributed by atoms with van der Waals surface area (Å²) in [5, 5.41) is 0. The normalized spacial score (nSPS) is 13.8. The van der Waals surface area contributed by atoms with E-state index in [1.54, 1.807) is 0 Å². The number of ether oxygens (including phenoxy) is 3. The molecule has 2 aromatic rings. The van der Waals surface area contributed by atoms with E-state index in [1.807, 2.05) is 48.5 Å². The third kappa shape index (κ3) is 5.56. The summed E-state index contributed by atoms with van der Waals surface area (Å²) >= 11 is 3.53. The van der Waals surface area contributed by atoms with Crippen LogP contribution in [0, 0.1) is 5.92 Å². The minimum Gasteiger partial charge on any atom is -0.491 e. The first-order chi connectivity index (χ1) is 11.3. The zero-order chi connectivity index (χ0) is 15.9. The molecule has 0 spiro atoms. The summed E-state index contributed by atoms with van der Waals surface area (Å²) in [5.41, 5.74) is 1.15. The maximum Gasteiger partial charge on any atom is 0.134 e. The summed E-state index contributed by atoms with van der Waals surface area (Å²) in [5.74, 6) is 2.43. The second-order valence-corrected chi connectivity index (χ2v) is 6.59. The Bertz CT molecular complexity index is 611. The standard InChI is InChI=1S/C19H21BrO3/c20-18-12-17(22-11-10-21-13-16-6-7-16)8-9-19(18)23-14-15-4-2-1-3-5-15/h1-5,8-9,12,16H,6-7,10-11,13-14H2. The van der Waals surface area contributed by atoms with E-state index >= 15 is 0 Å². The van der Waals surface area contributed by atoms with Crippen molar-refractivity contribution in [3.8, 4) is 11.5 Å². The fourth-order valence-corrected chi connectivity index (χ4v) is 2.65. The predicted octanol–water partition coefficient (Wildman–Crippen LogP) is 4.83. The van der Waals surface area contributed by atoms with Crippen LogP contribution in [-0.4, -0.2) is 19.8 Å². The second-order valence-electron chi connectivity index (χ2n) is 5.73. The van der Waals surface area contributed by atoms with Crippen LogP contribution in [0.15, 0.2) is 53.0 Å². The van der Waals surface area contributed by atoms with Crippen LogP contribution in [0.2, 0.25) is 0 Å². The molecule has 122 valence electrons. The number of hydrogen-bond donors (Lipinski definition) is 0. The maximum absolute atomic E-state index is 5.83. The molecular formula is C19H21BrO3. The molecule has 0 saturated heterocycles. The van der Waals surface area contributed by atoms with Gasteiger partial charge in [-0.25, -0.2) is 0 Å². The van der Waals surface area contributed by atoms with Gasteiger partial charge in [-0.1, -0.05) is 30.3 Å². The second kappa shape index (κ2) is 8.37. The molecule has 0 heterocycles. The molecule has 1 saturated carbocycles. The van der Waals surface area contributed by atoms with Gasteiger partial charge in [0, 0.05) is 6.61 Å². The van der Waals surface area contributed by atoms with Gasteiger partial charge in [-0.2, -0.15) is 0 Å². The van der Waals surface area contributed by atoms with E-state index in [-0.39, 0.29) is 0 Å². The zero-order valence-electron chi connectivity index (χ0n) is 13.0. The Balaban J connectivity index is 1.43. The SMILES string of the molecule is Brc1cc(OCCOCC2CC2)ccc1OCc1ccccc1. The van der Waals surface area contributed by atoms with Crippen molar-refractivity contribution in [1.82, 2.24) is 0 Å². The highest BCUT2D eigenvalue weighted by atomic mass is 79.9. The van der Waals surface area contributed by atoms with Crippen LogP contribution in [-0.2, 0) is 11.3 Å². The van der Waals surface area contributed by atoms with E-state index in [0.29, 0.717) is 19.8 Å². The molecule has 0 amide bonds. The van der Waals surface area contributed by atoms with Crippen molar-refractivity contribution in [3.05, 3.63) is 58.6 Å². The molecule has 1 aliphatic rings. The summed E-state index contributed by atoms with van der Waals surface area (Å²) < 4.78 is 18.0. The number of benzene rings is 2. The van der Waals surface area contributed by atoms with Gasteiger partial charge in [0.15, 0.2) is 0 Å². The number of rotatable bonds is 9. The molecule has 1 aliphatic carbocycles. The van der Waals surface area contributed by atoms with Crippen molar-refractivity contribution in [1.29, 1.82) is 0 Å². The fraction of sp³-hybridized carbons (Fsp3) is 0.368. The third-order valence-electron chi connectivity index (χ3n) is 3.69. The van der Waals surface area contributed by atoms with Gasteiger partial charge in [0.05, 0.1) is 11.1 Å². The smallest absolute Gasteiger partial charge is 0.134 e. The largest absolute Gasteiger partial charge is 0.491 e. The van der Waals surface area contributed by atoms with Crippen molar-refractivity contribution >= 4 is 15.9 Å². The number of hydrogen-bond acceptors (Lipinski definition) is 3. The van der Waals surface area contributed by atoms with Crippen LogP contribution in [0.5, 0.6) is 11.5 Å². The Kier molecular flexibility index (Phi) is 5.94. The first kappa shape index (κ1) is 16.3. The van der Waals surface area contributed by atoms with Gasteiger partial charge < -0.3 is 14.2 Å². The molecule has 2 aromatic carbocycles. The molecule has 4 heteroatoms. The van der Waals surface area contributed by atoms with Crippen molar-refractivity contribution in [2.75, 3.05) is 19.8 Å². The van der Waals surface area contributed by atoms with Crippen molar-refractivity contribution < 1.29 is 14.2 Å². The molecule has 0 aromatic heterocycles. The van der Waals surface area contributed by atoms with E-state index in [4.69, 9.17) is 14.2 Å². The Morgan fingerprint density at radius 3 is 2.52 bits per heavy atom. The highest BCUT2D eigenvalue weighted by molar-refractivity contribution is 9.10. The zero-order valence-corrected chi connectivity index (χ0v) is 14.6. The van der Waals surface area contributed by atoms with Crippen LogP contribution in [0.3, 0.4) is 0 Å². The summed E-state index contributed by atoms with van der Waals surface area (Å²) in [6.45, 7) is 2.64. The van der Waals surface area contributed by atoms with Crippen LogP contribution >= 0.6 is 15.9 Å². The van der Waals surface area contributed by atoms with Crippen molar-refractivity contribution in [2.45, 2.75) is 19.4 Å². The van der Waals surface area contributed by atoms with E-state index in [2.05, 4.69) is 15.9 Å². The summed E-state index contributed by atoms with van der Waals surface area (Å²) in [7, 11) is 0. The lowest BCUT2D eigenvalue weighted by atomic mass is 10.2. The monoisotopic (exact) mass is 376 g/mol. The third-order valence-corrected chi connectivity index (χ3v) is 4.31. The molecule has 0 aliphatic heterocycles. The fourth-order valence-electron chi connectivity index (χ4n) is 2.18. The molecule has 3 nitrogen and oxygen atoms in total. The quantitative estimate of drug-likeness (QED) is 0.586. The van der Waals surface area contributed by atoms with Crippen LogP contribution in [0.1, 0.15) is 18.4 Å². The molecule has 0 N–H and O–H groups in total. The Hall–Kier alpha value is -1.52. The lowest BCUT2D eigenvalue weighted by Crippen LogP contribution is -2.08. The van der Waals surface area contributed by atoms with Gasteiger partial charge in [0.25, 0.3) is 0 Å². The van der Waals surface area contributed by atoms with E-state index in [0.717, 1.165) is 34.1 Å². The Labute approximate surface area is 145 Å². The molecule has 0 radical (unpaired) electrons. The molecule has 0 bridgehead atoms. The first-order valence-electron chi connectivity index (χ1n) is 7.98. The molecule has 0 unspecified atom stereocenters.